The second kappa shape index (κ2) is 6.70. The van der Waals surface area contributed by atoms with Crippen LogP contribution in [-0.2, 0) is 9.59 Å². The third-order valence-corrected chi connectivity index (χ3v) is 3.20. The van der Waals surface area contributed by atoms with Gasteiger partial charge in [-0.25, -0.2) is 0 Å². The molecule has 1 aliphatic heterocycles. The van der Waals surface area contributed by atoms with Crippen LogP contribution in [0.25, 0.3) is 0 Å². The predicted octanol–water partition coefficient (Wildman–Crippen LogP) is -1.17. The van der Waals surface area contributed by atoms with E-state index in [9.17, 15) is 9.59 Å². The lowest BCUT2D eigenvalue weighted by Gasteiger charge is -2.36. The van der Waals surface area contributed by atoms with E-state index in [1.54, 1.807) is 7.05 Å². The molecule has 0 saturated carbocycles. The quantitative estimate of drug-likeness (QED) is 0.688. The highest BCUT2D eigenvalue weighted by Crippen LogP contribution is 2.04. The van der Waals surface area contributed by atoms with Crippen LogP contribution in [0.15, 0.2) is 0 Å². The van der Waals surface area contributed by atoms with E-state index in [-0.39, 0.29) is 17.9 Å². The molecule has 0 aromatic heterocycles. The zero-order valence-electron chi connectivity index (χ0n) is 11.8. The predicted molar refractivity (Wildman–Crippen MR) is 70.2 cm³/mol. The molecule has 18 heavy (non-hydrogen) atoms. The van der Waals surface area contributed by atoms with Crippen molar-refractivity contribution in [3.05, 3.63) is 0 Å². The van der Waals surface area contributed by atoms with Gasteiger partial charge in [0.15, 0.2) is 0 Å². The molecule has 6 nitrogen and oxygen atoms in total. The fraction of sp³-hybridized carbons (Fsp3) is 0.833. The summed E-state index contributed by atoms with van der Waals surface area (Å²) in [6.07, 6.45) is 0. The zero-order valence-corrected chi connectivity index (χ0v) is 11.8. The molecule has 1 rings (SSSR count). The lowest BCUT2D eigenvalue weighted by molar-refractivity contribution is -0.140. The summed E-state index contributed by atoms with van der Waals surface area (Å²) in [7, 11) is 5.54. The van der Waals surface area contributed by atoms with Crippen molar-refractivity contribution in [1.29, 1.82) is 0 Å². The fourth-order valence-corrected chi connectivity index (χ4v) is 1.94. The van der Waals surface area contributed by atoms with Crippen LogP contribution in [-0.4, -0.2) is 86.4 Å². The van der Waals surface area contributed by atoms with Crippen molar-refractivity contribution in [3.8, 4) is 0 Å². The van der Waals surface area contributed by atoms with Gasteiger partial charge in [0.25, 0.3) is 0 Å². The van der Waals surface area contributed by atoms with E-state index >= 15 is 0 Å². The van der Waals surface area contributed by atoms with Crippen LogP contribution in [0.3, 0.4) is 0 Å². The molecule has 0 spiro atoms. The first kappa shape index (κ1) is 14.9. The molecule has 1 atom stereocenters. The number of carbonyl (C=O) groups excluding carboxylic acids is 2. The minimum atomic E-state index is -0.158. The molecule has 6 heteroatoms. The Morgan fingerprint density at radius 1 is 1.17 bits per heavy atom. The largest absolute Gasteiger partial charge is 0.338 e. The van der Waals surface area contributed by atoms with E-state index in [0.29, 0.717) is 32.7 Å². The topological polar surface area (TPSA) is 55.9 Å². The van der Waals surface area contributed by atoms with E-state index in [1.165, 1.54) is 0 Å². The first-order valence-electron chi connectivity index (χ1n) is 6.34. The fourth-order valence-electron chi connectivity index (χ4n) is 1.94. The monoisotopic (exact) mass is 256 g/mol. The first-order valence-corrected chi connectivity index (χ1v) is 6.34. The van der Waals surface area contributed by atoms with E-state index in [0.717, 1.165) is 0 Å². The van der Waals surface area contributed by atoms with E-state index in [4.69, 9.17) is 0 Å². The van der Waals surface area contributed by atoms with Crippen LogP contribution in [0.1, 0.15) is 6.92 Å². The van der Waals surface area contributed by atoms with Crippen molar-refractivity contribution in [2.45, 2.75) is 13.0 Å². The number of amides is 2. The van der Waals surface area contributed by atoms with Gasteiger partial charge in [0, 0.05) is 26.2 Å². The Kier molecular flexibility index (Phi) is 5.55. The van der Waals surface area contributed by atoms with Gasteiger partial charge in [0.05, 0.1) is 12.6 Å². The number of carbonyl (C=O) groups is 2. The maximum atomic E-state index is 11.9. The third kappa shape index (κ3) is 3.96. The van der Waals surface area contributed by atoms with Crippen molar-refractivity contribution in [1.82, 2.24) is 20.0 Å². The summed E-state index contributed by atoms with van der Waals surface area (Å²) in [6, 6.07) is -0.158. The van der Waals surface area contributed by atoms with Gasteiger partial charge in [-0.15, -0.1) is 0 Å². The van der Waals surface area contributed by atoms with Crippen molar-refractivity contribution >= 4 is 11.8 Å². The molecular formula is C12H24N4O2. The minimum absolute atomic E-state index is 0.109. The van der Waals surface area contributed by atoms with Crippen LogP contribution >= 0.6 is 0 Å². The standard InChI is InChI=1S/C12H24N4O2/c1-10(13-2)12(18)16-7-5-15(6-8-16)11(17)9-14(3)4/h10,13H,5-9H2,1-4H3. The molecule has 0 aliphatic carbocycles. The van der Waals surface area contributed by atoms with Crippen molar-refractivity contribution in [2.24, 2.45) is 0 Å². The zero-order chi connectivity index (χ0) is 13.7. The average Bonchev–Trinajstić information content (AvgIpc) is 2.36. The highest BCUT2D eigenvalue weighted by molar-refractivity contribution is 5.82. The Hall–Kier alpha value is -1.14. The molecule has 2 amide bonds. The Balaban J connectivity index is 2.41. The molecule has 0 radical (unpaired) electrons. The van der Waals surface area contributed by atoms with Crippen LogP contribution in [0.4, 0.5) is 0 Å². The molecule has 104 valence electrons. The summed E-state index contributed by atoms with van der Waals surface area (Å²) in [5, 5.41) is 2.94. The van der Waals surface area contributed by atoms with Crippen molar-refractivity contribution in [3.63, 3.8) is 0 Å². The van der Waals surface area contributed by atoms with Gasteiger partial charge < -0.3 is 20.0 Å². The minimum Gasteiger partial charge on any atom is -0.338 e. The lowest BCUT2D eigenvalue weighted by Crippen LogP contribution is -2.55. The smallest absolute Gasteiger partial charge is 0.239 e. The summed E-state index contributed by atoms with van der Waals surface area (Å²) in [4.78, 5) is 29.3. The highest BCUT2D eigenvalue weighted by atomic mass is 16.2. The second-order valence-corrected chi connectivity index (χ2v) is 4.95. The molecule has 1 fully saturated rings. The van der Waals surface area contributed by atoms with Gasteiger partial charge in [0.2, 0.25) is 11.8 Å². The van der Waals surface area contributed by atoms with E-state index in [1.807, 2.05) is 35.7 Å². The van der Waals surface area contributed by atoms with E-state index in [2.05, 4.69) is 5.32 Å². The maximum absolute atomic E-state index is 11.9. The van der Waals surface area contributed by atoms with E-state index < -0.39 is 0 Å². The SMILES string of the molecule is CNC(C)C(=O)N1CCN(C(=O)CN(C)C)CC1. The third-order valence-electron chi connectivity index (χ3n) is 3.20. The van der Waals surface area contributed by atoms with Crippen LogP contribution in [0.5, 0.6) is 0 Å². The van der Waals surface area contributed by atoms with Crippen molar-refractivity contribution < 1.29 is 9.59 Å². The van der Waals surface area contributed by atoms with Crippen LogP contribution in [0, 0.1) is 0 Å². The number of piperazine rings is 1. The number of hydrogen-bond donors (Lipinski definition) is 1. The molecule has 1 aliphatic rings. The Morgan fingerprint density at radius 2 is 1.67 bits per heavy atom. The van der Waals surface area contributed by atoms with Gasteiger partial charge in [-0.3, -0.25) is 9.59 Å². The van der Waals surface area contributed by atoms with Gasteiger partial charge in [-0.2, -0.15) is 0 Å². The molecule has 0 aromatic rings. The molecule has 0 bridgehead atoms. The summed E-state index contributed by atoms with van der Waals surface area (Å²) >= 11 is 0. The molecular weight excluding hydrogens is 232 g/mol. The Morgan fingerprint density at radius 3 is 2.11 bits per heavy atom. The second-order valence-electron chi connectivity index (χ2n) is 4.95. The maximum Gasteiger partial charge on any atom is 0.239 e. The molecule has 1 N–H and O–H groups in total. The number of hydrogen-bond acceptors (Lipinski definition) is 4. The molecule has 1 saturated heterocycles. The summed E-state index contributed by atoms with van der Waals surface area (Å²) in [5.41, 5.74) is 0. The van der Waals surface area contributed by atoms with Crippen LogP contribution < -0.4 is 5.32 Å². The van der Waals surface area contributed by atoms with Gasteiger partial charge in [-0.05, 0) is 28.1 Å². The number of nitrogens with zero attached hydrogens (tertiary/aromatic N) is 3. The number of rotatable bonds is 4. The number of nitrogens with one attached hydrogen (secondary N) is 1. The van der Waals surface area contributed by atoms with Gasteiger partial charge >= 0.3 is 0 Å². The Labute approximate surface area is 109 Å². The Bertz CT molecular complexity index is 298. The lowest BCUT2D eigenvalue weighted by atomic mass is 10.2. The average molecular weight is 256 g/mol. The van der Waals surface area contributed by atoms with Gasteiger partial charge in [-0.1, -0.05) is 0 Å². The van der Waals surface area contributed by atoms with Gasteiger partial charge in [0.1, 0.15) is 0 Å². The number of likely N-dealkylation sites (N-methyl/N-ethyl adjacent to an activating group) is 2. The first-order chi connectivity index (χ1) is 8.45. The summed E-state index contributed by atoms with van der Waals surface area (Å²) in [6.45, 7) is 4.81. The van der Waals surface area contributed by atoms with Crippen molar-refractivity contribution in [2.75, 3.05) is 53.9 Å². The highest BCUT2D eigenvalue weighted by Gasteiger charge is 2.26. The molecule has 1 heterocycles. The molecule has 1 unspecified atom stereocenters. The normalized spacial score (nSPS) is 18.1. The summed E-state index contributed by atoms with van der Waals surface area (Å²) < 4.78 is 0. The molecule has 0 aromatic carbocycles. The van der Waals surface area contributed by atoms with Crippen LogP contribution in [0.2, 0.25) is 0 Å². The summed E-state index contributed by atoms with van der Waals surface area (Å²) in [5.74, 6) is 0.242.